The third-order valence-corrected chi connectivity index (χ3v) is 8.61. The zero-order valence-electron chi connectivity index (χ0n) is 26.4. The smallest absolute Gasteiger partial charge is 0.404 e. The molecule has 0 spiro atoms. The van der Waals surface area contributed by atoms with Gasteiger partial charge in [-0.25, -0.2) is 19.7 Å². The van der Waals surface area contributed by atoms with Gasteiger partial charge < -0.3 is 25.6 Å². The molecule has 6 aromatic rings. The lowest BCUT2D eigenvalue weighted by molar-refractivity contribution is -0.116. The first kappa shape index (κ1) is 30.6. The molecule has 1 aliphatic heterocycles. The molecule has 1 aliphatic rings. The van der Waals surface area contributed by atoms with Gasteiger partial charge in [-0.05, 0) is 79.8 Å². The minimum atomic E-state index is -1.03. The van der Waals surface area contributed by atoms with Crippen molar-refractivity contribution in [2.24, 2.45) is 7.05 Å². The molecule has 7 rings (SSSR count). The molecule has 3 amide bonds. The van der Waals surface area contributed by atoms with Crippen LogP contribution < -0.4 is 16.0 Å². The fourth-order valence-corrected chi connectivity index (χ4v) is 6.19. The maximum Gasteiger partial charge on any atom is 0.404 e. The summed E-state index contributed by atoms with van der Waals surface area (Å²) in [5.41, 5.74) is 8.05. The summed E-state index contributed by atoms with van der Waals surface area (Å²) in [6.07, 6.45) is 5.80. The summed E-state index contributed by atoms with van der Waals surface area (Å²) >= 11 is 0. The predicted molar refractivity (Wildman–Crippen MR) is 183 cm³/mol. The molecule has 12 nitrogen and oxygen atoms in total. The highest BCUT2D eigenvalue weighted by Gasteiger charge is 2.22. The van der Waals surface area contributed by atoms with E-state index in [-0.39, 0.29) is 11.8 Å². The number of nitrogens with one attached hydrogen (secondary N) is 3. The average Bonchev–Trinajstić information content (AvgIpc) is 3.70. The Balaban J connectivity index is 1.30. The van der Waals surface area contributed by atoms with Crippen LogP contribution in [0.5, 0.6) is 0 Å². The number of hydrogen-bond donors (Lipinski definition) is 4. The van der Waals surface area contributed by atoms with Crippen molar-refractivity contribution in [2.75, 3.05) is 18.4 Å². The highest BCUT2D eigenvalue weighted by atomic mass is 16.4. The van der Waals surface area contributed by atoms with Gasteiger partial charge in [0, 0.05) is 54.4 Å². The Hall–Kier alpha value is -6.04. The number of para-hydroxylation sites is 1. The molecule has 3 aromatic heterocycles. The number of hydrogen-bond acceptors (Lipinski definition) is 6. The van der Waals surface area contributed by atoms with Crippen molar-refractivity contribution in [1.82, 2.24) is 34.7 Å². The fraction of sp³-hybridized carbons (Fsp3) is 0.222. The Morgan fingerprint density at radius 1 is 0.917 bits per heavy atom. The number of nitrogens with zero attached hydrogens (tertiary/aromatic N) is 5. The number of anilines is 1. The predicted octanol–water partition coefficient (Wildman–Crippen LogP) is 5.69. The molecule has 0 unspecified atom stereocenters. The van der Waals surface area contributed by atoms with Crippen molar-refractivity contribution in [1.29, 1.82) is 0 Å². The minimum Gasteiger partial charge on any atom is -0.465 e. The first-order chi connectivity index (χ1) is 23.4. The third-order valence-electron chi connectivity index (χ3n) is 8.61. The van der Waals surface area contributed by atoms with Gasteiger partial charge in [-0.2, -0.15) is 0 Å². The summed E-state index contributed by atoms with van der Waals surface area (Å²) in [4.78, 5) is 50.3. The van der Waals surface area contributed by atoms with Gasteiger partial charge in [-0.1, -0.05) is 18.2 Å². The van der Waals surface area contributed by atoms with E-state index in [2.05, 4.69) is 31.6 Å². The van der Waals surface area contributed by atoms with E-state index in [0.29, 0.717) is 49.3 Å². The second-order valence-corrected chi connectivity index (χ2v) is 11.9. The summed E-state index contributed by atoms with van der Waals surface area (Å²) in [5.74, 6) is 0.504. The van der Waals surface area contributed by atoms with Crippen LogP contribution in [0, 0.1) is 0 Å². The van der Waals surface area contributed by atoms with E-state index in [0.717, 1.165) is 63.2 Å². The van der Waals surface area contributed by atoms with Crippen molar-refractivity contribution < 1.29 is 19.5 Å². The van der Waals surface area contributed by atoms with E-state index in [1.165, 1.54) is 0 Å². The normalized spacial score (nSPS) is 12.6. The van der Waals surface area contributed by atoms with Crippen molar-refractivity contribution in [3.63, 3.8) is 0 Å². The van der Waals surface area contributed by atoms with Crippen molar-refractivity contribution >= 4 is 45.5 Å². The van der Waals surface area contributed by atoms with Crippen LogP contribution in [0.4, 0.5) is 10.5 Å². The molecule has 242 valence electrons. The Bertz CT molecular complexity index is 2200. The molecule has 48 heavy (non-hydrogen) atoms. The van der Waals surface area contributed by atoms with E-state index in [1.54, 1.807) is 18.6 Å². The number of aryl methyl sites for hydroxylation is 2. The van der Waals surface area contributed by atoms with Crippen LogP contribution in [0.2, 0.25) is 0 Å². The molecule has 0 radical (unpaired) electrons. The fourth-order valence-electron chi connectivity index (χ4n) is 6.19. The number of imidazole rings is 2. The van der Waals surface area contributed by atoms with Crippen molar-refractivity contribution in [3.8, 4) is 28.5 Å². The summed E-state index contributed by atoms with van der Waals surface area (Å²) in [6.45, 7) is 0.870. The molecule has 4 N–H and O–H groups in total. The Labute approximate surface area is 275 Å². The number of carbonyl (C=O) groups excluding carboxylic acids is 2. The number of pyridine rings is 1. The Kier molecular flexibility index (Phi) is 8.28. The van der Waals surface area contributed by atoms with Crippen LogP contribution >= 0.6 is 0 Å². The first-order valence-corrected chi connectivity index (χ1v) is 15.9. The molecule has 0 fully saturated rings. The quantitative estimate of drug-likeness (QED) is 0.140. The van der Waals surface area contributed by atoms with Gasteiger partial charge in [0.1, 0.15) is 5.82 Å². The maximum absolute atomic E-state index is 13.2. The molecular weight excluding hydrogens is 608 g/mol. The van der Waals surface area contributed by atoms with Gasteiger partial charge in [-0.15, -0.1) is 0 Å². The lowest BCUT2D eigenvalue weighted by atomic mass is 10.0. The highest BCUT2D eigenvalue weighted by Crippen LogP contribution is 2.36. The van der Waals surface area contributed by atoms with Gasteiger partial charge in [0.2, 0.25) is 5.91 Å². The number of carboxylic acid groups (broad SMARTS) is 1. The molecule has 0 bridgehead atoms. The third kappa shape index (κ3) is 6.07. The largest absolute Gasteiger partial charge is 0.465 e. The van der Waals surface area contributed by atoms with Gasteiger partial charge in [0.25, 0.3) is 5.91 Å². The number of rotatable bonds is 10. The maximum atomic E-state index is 13.2. The molecule has 0 aliphatic carbocycles. The zero-order chi connectivity index (χ0) is 33.2. The highest BCUT2D eigenvalue weighted by molar-refractivity contribution is 6.01. The van der Waals surface area contributed by atoms with Crippen molar-refractivity contribution in [2.45, 2.75) is 32.1 Å². The van der Waals surface area contributed by atoms with Crippen LogP contribution in [-0.2, 0) is 18.3 Å². The van der Waals surface area contributed by atoms with Gasteiger partial charge >= 0.3 is 6.09 Å². The van der Waals surface area contributed by atoms with Gasteiger partial charge in [-0.3, -0.25) is 14.2 Å². The monoisotopic (exact) mass is 642 g/mol. The molecular formula is C36H34N8O4. The Morgan fingerprint density at radius 2 is 1.75 bits per heavy atom. The van der Waals surface area contributed by atoms with Crippen LogP contribution in [0.25, 0.3) is 50.4 Å². The minimum absolute atomic E-state index is 0.0102. The standard InChI is InChI=1S/C36H34N8O4/c1-43-21-37-20-32(43)30-19-26(25-7-3-4-8-28(25)40-30)34-42-29-18-23(35(46)38-15-5-2-6-16-39-36(47)48)9-13-31(29)44(34)24-11-12-27-22(17-24)10-14-33(45)41-27/h3-4,7-9,11-13,17-21,39H,2,5-6,10,14-16H2,1H3,(H,38,46)(H,41,45)(H,47,48). The number of unbranched alkanes of at least 4 members (excludes halogenated alkanes) is 2. The SMILES string of the molecule is Cn1cncc1-c1cc(-c2nc3cc(C(=O)NCCCCCNC(=O)O)ccc3n2-c2ccc3c(c2)CCC(=O)N3)c2ccccc2n1. The molecule has 12 heteroatoms. The first-order valence-electron chi connectivity index (χ1n) is 15.9. The summed E-state index contributed by atoms with van der Waals surface area (Å²) in [5, 5.41) is 17.9. The number of carbonyl (C=O) groups is 3. The lowest BCUT2D eigenvalue weighted by Gasteiger charge is -2.19. The number of amides is 3. The summed E-state index contributed by atoms with van der Waals surface area (Å²) in [6, 6.07) is 21.5. The second-order valence-electron chi connectivity index (χ2n) is 11.9. The van der Waals surface area contributed by atoms with Crippen molar-refractivity contribution in [3.05, 3.63) is 90.4 Å². The number of aromatic nitrogens is 5. The topological polar surface area (TPSA) is 156 Å². The van der Waals surface area contributed by atoms with E-state index in [4.69, 9.17) is 15.1 Å². The molecule has 3 aromatic carbocycles. The average molecular weight is 643 g/mol. The molecule has 0 saturated heterocycles. The van der Waals surface area contributed by atoms with E-state index in [9.17, 15) is 14.4 Å². The Morgan fingerprint density at radius 3 is 2.56 bits per heavy atom. The second kappa shape index (κ2) is 13.0. The molecule has 0 atom stereocenters. The summed E-state index contributed by atoms with van der Waals surface area (Å²) in [7, 11) is 1.93. The van der Waals surface area contributed by atoms with E-state index < -0.39 is 6.09 Å². The van der Waals surface area contributed by atoms with Gasteiger partial charge in [0.15, 0.2) is 0 Å². The van der Waals surface area contributed by atoms with E-state index in [1.807, 2.05) is 66.2 Å². The molecule has 4 heterocycles. The van der Waals surface area contributed by atoms with Crippen LogP contribution in [-0.4, -0.2) is 60.2 Å². The zero-order valence-corrected chi connectivity index (χ0v) is 26.4. The van der Waals surface area contributed by atoms with E-state index >= 15 is 0 Å². The van der Waals surface area contributed by atoms with Crippen LogP contribution in [0.15, 0.2) is 79.3 Å². The van der Waals surface area contributed by atoms with Crippen LogP contribution in [0.3, 0.4) is 0 Å². The van der Waals surface area contributed by atoms with Crippen LogP contribution in [0.1, 0.15) is 41.6 Å². The van der Waals surface area contributed by atoms with Gasteiger partial charge in [0.05, 0.1) is 40.5 Å². The molecule has 0 saturated carbocycles. The number of fused-ring (bicyclic) bond motifs is 3. The number of benzene rings is 3. The lowest BCUT2D eigenvalue weighted by Crippen LogP contribution is -2.25. The summed E-state index contributed by atoms with van der Waals surface area (Å²) < 4.78 is 4.03.